The molecule has 1 aliphatic heterocycles. The molecule has 1 saturated heterocycles. The number of piperazine rings is 1. The van der Waals surface area contributed by atoms with Gasteiger partial charge in [-0.15, -0.1) is 6.42 Å². The number of pyridine rings is 1. The number of nitrogens with zero attached hydrogens (tertiary/aromatic N) is 3. The topological polar surface area (TPSA) is 48.5 Å². The van der Waals surface area contributed by atoms with E-state index in [1.807, 2.05) is 17.2 Å². The number of nitrogens with one attached hydrogen (secondary N) is 1. The van der Waals surface area contributed by atoms with Crippen LogP contribution in [-0.4, -0.2) is 60.0 Å². The van der Waals surface area contributed by atoms with Crippen molar-refractivity contribution in [1.29, 1.82) is 0 Å². The van der Waals surface area contributed by atoms with Crippen LogP contribution in [0.4, 0.5) is 0 Å². The van der Waals surface area contributed by atoms with E-state index in [2.05, 4.69) is 27.2 Å². The van der Waals surface area contributed by atoms with Crippen LogP contribution in [0.2, 0.25) is 0 Å². The van der Waals surface area contributed by atoms with E-state index in [-0.39, 0.29) is 5.91 Å². The number of terminal acetylenes is 1. The van der Waals surface area contributed by atoms with Crippen molar-refractivity contribution in [3.05, 3.63) is 30.1 Å². The van der Waals surface area contributed by atoms with E-state index < -0.39 is 0 Å². The van der Waals surface area contributed by atoms with Crippen molar-refractivity contribution in [3.8, 4) is 12.3 Å². The zero-order valence-electron chi connectivity index (χ0n) is 11.6. The smallest absolute Gasteiger partial charge is 0.236 e. The maximum atomic E-state index is 11.9. The highest BCUT2D eigenvalue weighted by Crippen LogP contribution is 2.07. The van der Waals surface area contributed by atoms with E-state index in [1.54, 1.807) is 6.20 Å². The second kappa shape index (κ2) is 7.63. The van der Waals surface area contributed by atoms with Crippen molar-refractivity contribution < 1.29 is 4.79 Å². The number of rotatable bonds is 5. The van der Waals surface area contributed by atoms with Gasteiger partial charge in [0.05, 0.1) is 13.1 Å². The average Bonchev–Trinajstić information content (AvgIpc) is 2.49. The average molecular weight is 272 g/mol. The van der Waals surface area contributed by atoms with Crippen LogP contribution >= 0.6 is 0 Å². The van der Waals surface area contributed by atoms with E-state index in [4.69, 9.17) is 6.42 Å². The fourth-order valence-electron chi connectivity index (χ4n) is 2.26. The molecule has 20 heavy (non-hydrogen) atoms. The molecular weight excluding hydrogens is 252 g/mol. The van der Waals surface area contributed by atoms with Gasteiger partial charge in [-0.05, 0) is 11.6 Å². The van der Waals surface area contributed by atoms with Crippen LogP contribution in [0.3, 0.4) is 0 Å². The molecule has 5 nitrogen and oxygen atoms in total. The van der Waals surface area contributed by atoms with Gasteiger partial charge in [-0.3, -0.25) is 20.0 Å². The summed E-state index contributed by atoms with van der Waals surface area (Å²) in [5.41, 5.74) is 1.21. The van der Waals surface area contributed by atoms with Gasteiger partial charge < -0.3 is 4.90 Å². The van der Waals surface area contributed by atoms with Gasteiger partial charge >= 0.3 is 0 Å². The molecule has 0 aliphatic carbocycles. The van der Waals surface area contributed by atoms with Gasteiger partial charge in [-0.1, -0.05) is 12.0 Å². The van der Waals surface area contributed by atoms with Crippen molar-refractivity contribution in [2.24, 2.45) is 0 Å². The predicted molar refractivity (Wildman–Crippen MR) is 77.8 cm³/mol. The number of hydrogen-bond donors (Lipinski definition) is 1. The Morgan fingerprint density at radius 2 is 2.20 bits per heavy atom. The van der Waals surface area contributed by atoms with Crippen LogP contribution in [-0.2, 0) is 11.3 Å². The molecule has 1 aromatic heterocycles. The lowest BCUT2D eigenvalue weighted by atomic mass is 10.2. The van der Waals surface area contributed by atoms with E-state index in [1.165, 1.54) is 5.56 Å². The highest BCUT2D eigenvalue weighted by Gasteiger charge is 2.20. The minimum Gasteiger partial charge on any atom is -0.339 e. The second-order valence-electron chi connectivity index (χ2n) is 4.83. The largest absolute Gasteiger partial charge is 0.339 e. The highest BCUT2D eigenvalue weighted by atomic mass is 16.2. The molecule has 0 spiro atoms. The Hall–Kier alpha value is -1.90. The number of aromatic nitrogens is 1. The minimum atomic E-state index is 0.126. The molecule has 2 heterocycles. The summed E-state index contributed by atoms with van der Waals surface area (Å²) in [7, 11) is 0. The van der Waals surface area contributed by atoms with Gasteiger partial charge in [0.1, 0.15) is 0 Å². The molecule has 2 rings (SSSR count). The van der Waals surface area contributed by atoms with Crippen LogP contribution in [0.1, 0.15) is 5.56 Å². The van der Waals surface area contributed by atoms with Crippen LogP contribution in [0.5, 0.6) is 0 Å². The number of carbonyl (C=O) groups is 1. The standard InChI is InChI=1S/C15H20N4O/c1-2-5-16-12-15(20)19-9-7-18(8-10-19)13-14-4-3-6-17-11-14/h1,3-4,6,11,16H,5,7-10,12-13H2. The molecule has 0 radical (unpaired) electrons. The molecule has 5 heteroatoms. The molecule has 1 aliphatic rings. The van der Waals surface area contributed by atoms with Crippen molar-refractivity contribution in [3.63, 3.8) is 0 Å². The summed E-state index contributed by atoms with van der Waals surface area (Å²) in [5.74, 6) is 2.59. The van der Waals surface area contributed by atoms with E-state index >= 15 is 0 Å². The number of amides is 1. The Bertz CT molecular complexity index is 461. The summed E-state index contributed by atoms with van der Waals surface area (Å²) in [6, 6.07) is 4.03. The van der Waals surface area contributed by atoms with Crippen LogP contribution in [0.25, 0.3) is 0 Å². The van der Waals surface area contributed by atoms with E-state index in [0.29, 0.717) is 13.1 Å². The van der Waals surface area contributed by atoms with E-state index in [9.17, 15) is 4.79 Å². The molecule has 1 fully saturated rings. The predicted octanol–water partition coefficient (Wildman–Crippen LogP) is -0.0514. The third kappa shape index (κ3) is 4.34. The first-order valence-electron chi connectivity index (χ1n) is 6.83. The van der Waals surface area contributed by atoms with Crippen LogP contribution in [0, 0.1) is 12.3 Å². The first kappa shape index (κ1) is 14.5. The molecule has 106 valence electrons. The Labute approximate surface area is 120 Å². The lowest BCUT2D eigenvalue weighted by Gasteiger charge is -2.34. The zero-order chi connectivity index (χ0) is 14.2. The van der Waals surface area contributed by atoms with Gasteiger partial charge in [0, 0.05) is 45.1 Å². The van der Waals surface area contributed by atoms with Crippen molar-refractivity contribution >= 4 is 5.91 Å². The van der Waals surface area contributed by atoms with Crippen molar-refractivity contribution in [2.75, 3.05) is 39.3 Å². The summed E-state index contributed by atoms with van der Waals surface area (Å²) >= 11 is 0. The Balaban J connectivity index is 1.72. The molecule has 0 aromatic carbocycles. The second-order valence-corrected chi connectivity index (χ2v) is 4.83. The van der Waals surface area contributed by atoms with Gasteiger partial charge in [0.25, 0.3) is 0 Å². The summed E-state index contributed by atoms with van der Waals surface area (Å²) in [5, 5.41) is 2.93. The van der Waals surface area contributed by atoms with E-state index in [0.717, 1.165) is 32.7 Å². The Morgan fingerprint density at radius 1 is 1.40 bits per heavy atom. The number of hydrogen-bond acceptors (Lipinski definition) is 4. The quantitative estimate of drug-likeness (QED) is 0.603. The summed E-state index contributed by atoms with van der Waals surface area (Å²) in [4.78, 5) is 20.3. The first-order valence-corrected chi connectivity index (χ1v) is 6.83. The monoisotopic (exact) mass is 272 g/mol. The lowest BCUT2D eigenvalue weighted by Crippen LogP contribution is -2.50. The van der Waals surface area contributed by atoms with Crippen molar-refractivity contribution in [2.45, 2.75) is 6.54 Å². The maximum absolute atomic E-state index is 11.9. The van der Waals surface area contributed by atoms with Gasteiger partial charge in [-0.25, -0.2) is 0 Å². The first-order chi connectivity index (χ1) is 9.79. The summed E-state index contributed by atoms with van der Waals surface area (Å²) in [6.45, 7) is 5.00. The Morgan fingerprint density at radius 3 is 2.85 bits per heavy atom. The molecule has 1 amide bonds. The van der Waals surface area contributed by atoms with Crippen LogP contribution in [0.15, 0.2) is 24.5 Å². The Kier molecular flexibility index (Phi) is 5.54. The normalized spacial score (nSPS) is 15.8. The summed E-state index contributed by atoms with van der Waals surface area (Å²) in [6.07, 6.45) is 8.81. The maximum Gasteiger partial charge on any atom is 0.236 e. The molecular formula is C15H20N4O. The number of carbonyl (C=O) groups excluding carboxylic acids is 1. The molecule has 0 bridgehead atoms. The van der Waals surface area contributed by atoms with Gasteiger partial charge in [0.15, 0.2) is 0 Å². The van der Waals surface area contributed by atoms with Crippen molar-refractivity contribution in [1.82, 2.24) is 20.1 Å². The SMILES string of the molecule is C#CCNCC(=O)N1CCN(Cc2cccnc2)CC1. The molecule has 1 N–H and O–H groups in total. The third-order valence-electron chi connectivity index (χ3n) is 3.36. The third-order valence-corrected chi connectivity index (χ3v) is 3.36. The molecule has 1 aromatic rings. The fourth-order valence-corrected chi connectivity index (χ4v) is 2.26. The minimum absolute atomic E-state index is 0.126. The van der Waals surface area contributed by atoms with Crippen LogP contribution < -0.4 is 5.32 Å². The highest BCUT2D eigenvalue weighted by molar-refractivity contribution is 5.78. The summed E-state index contributed by atoms with van der Waals surface area (Å²) < 4.78 is 0. The fraction of sp³-hybridized carbons (Fsp3) is 0.467. The molecule has 0 atom stereocenters. The lowest BCUT2D eigenvalue weighted by molar-refractivity contribution is -0.132. The van der Waals surface area contributed by atoms with Gasteiger partial charge in [-0.2, -0.15) is 0 Å². The molecule has 0 saturated carbocycles. The molecule has 0 unspecified atom stereocenters. The van der Waals surface area contributed by atoms with Gasteiger partial charge in [0.2, 0.25) is 5.91 Å². The zero-order valence-corrected chi connectivity index (χ0v) is 11.6.